The van der Waals surface area contributed by atoms with Crippen molar-refractivity contribution in [3.63, 3.8) is 0 Å². The van der Waals surface area contributed by atoms with Gasteiger partial charge in [0.1, 0.15) is 11.5 Å². The van der Waals surface area contributed by atoms with E-state index in [1.54, 1.807) is 32.6 Å². The van der Waals surface area contributed by atoms with Gasteiger partial charge < -0.3 is 9.47 Å². The summed E-state index contributed by atoms with van der Waals surface area (Å²) in [5, 5.41) is 13.9. The number of hydrogen-bond donors (Lipinski definition) is 1. The van der Waals surface area contributed by atoms with Gasteiger partial charge >= 0.3 is 0 Å². The number of hydrazone groups is 1. The number of benzene rings is 3. The smallest absolute Gasteiger partial charge is 0.250 e. The van der Waals surface area contributed by atoms with Crippen molar-refractivity contribution in [2.24, 2.45) is 5.10 Å². The molecule has 1 N–H and O–H groups in total. The first-order valence-corrected chi connectivity index (χ1v) is 11.9. The Labute approximate surface area is 211 Å². The minimum absolute atomic E-state index is 0.0948. The summed E-state index contributed by atoms with van der Waals surface area (Å²) in [4.78, 5) is 12.4. The Morgan fingerprint density at radius 1 is 1.03 bits per heavy atom. The number of thioether (sulfide) groups is 1. The highest BCUT2D eigenvalue weighted by molar-refractivity contribution is 7.99. The van der Waals surface area contributed by atoms with Crippen LogP contribution in [0.15, 0.2) is 83.1 Å². The molecule has 1 heterocycles. The van der Waals surface area contributed by atoms with E-state index in [2.05, 4.69) is 20.7 Å². The molecule has 0 radical (unpaired) electrons. The van der Waals surface area contributed by atoms with Crippen molar-refractivity contribution in [2.45, 2.75) is 5.16 Å². The highest BCUT2D eigenvalue weighted by Crippen LogP contribution is 2.29. The van der Waals surface area contributed by atoms with Crippen molar-refractivity contribution in [3.8, 4) is 28.6 Å². The maximum atomic E-state index is 12.4. The normalized spacial score (nSPS) is 10.9. The average Bonchev–Trinajstić information content (AvgIpc) is 3.32. The van der Waals surface area contributed by atoms with Gasteiger partial charge in [-0.3, -0.25) is 9.36 Å². The SMILES string of the molecule is COc1ccc(-c2nnc(SCC(=O)NN=Cc3ccccc3OC)n2-c2ccc(Cl)cc2)cc1. The molecular formula is C25H22ClN5O3S. The fourth-order valence-corrected chi connectivity index (χ4v) is 4.09. The highest BCUT2D eigenvalue weighted by atomic mass is 35.5. The third-order valence-electron chi connectivity index (χ3n) is 4.93. The number of para-hydroxylation sites is 1. The maximum absolute atomic E-state index is 12.4. The largest absolute Gasteiger partial charge is 0.497 e. The lowest BCUT2D eigenvalue weighted by Gasteiger charge is -2.11. The minimum atomic E-state index is -0.280. The molecule has 0 saturated carbocycles. The summed E-state index contributed by atoms with van der Waals surface area (Å²) in [6, 6.07) is 22.3. The molecule has 0 aliphatic rings. The second kappa shape index (κ2) is 11.5. The lowest BCUT2D eigenvalue weighted by Crippen LogP contribution is -2.20. The summed E-state index contributed by atoms with van der Waals surface area (Å²) in [5.74, 6) is 1.86. The van der Waals surface area contributed by atoms with E-state index in [4.69, 9.17) is 21.1 Å². The zero-order chi connectivity index (χ0) is 24.6. The van der Waals surface area contributed by atoms with Crippen LogP contribution in [0.25, 0.3) is 17.1 Å². The molecule has 178 valence electrons. The standard InChI is InChI=1S/C25H22ClN5O3S/c1-33-21-13-7-17(8-14-21)24-29-30-25(31(24)20-11-9-19(26)10-12-20)35-16-23(32)28-27-15-18-5-3-4-6-22(18)34-2/h3-15H,16H2,1-2H3,(H,28,32). The number of methoxy groups -OCH3 is 2. The van der Waals surface area contributed by atoms with E-state index in [0.29, 0.717) is 21.8 Å². The molecule has 0 spiro atoms. The maximum Gasteiger partial charge on any atom is 0.250 e. The first-order valence-electron chi connectivity index (χ1n) is 10.5. The van der Waals surface area contributed by atoms with Crippen LogP contribution < -0.4 is 14.9 Å². The Hall–Kier alpha value is -3.82. The predicted molar refractivity (Wildman–Crippen MR) is 138 cm³/mol. The van der Waals surface area contributed by atoms with Crippen LogP contribution in [0, 0.1) is 0 Å². The molecule has 0 aliphatic carbocycles. The number of carbonyl (C=O) groups is 1. The van der Waals surface area contributed by atoms with Crippen LogP contribution in [0.5, 0.6) is 11.5 Å². The number of nitrogens with zero attached hydrogens (tertiary/aromatic N) is 4. The van der Waals surface area contributed by atoms with E-state index in [9.17, 15) is 4.79 Å². The van der Waals surface area contributed by atoms with Crippen molar-refractivity contribution in [1.29, 1.82) is 0 Å². The topological polar surface area (TPSA) is 90.6 Å². The van der Waals surface area contributed by atoms with Crippen LogP contribution in [-0.2, 0) is 4.79 Å². The van der Waals surface area contributed by atoms with Crippen LogP contribution in [0.1, 0.15) is 5.56 Å². The van der Waals surface area contributed by atoms with Gasteiger partial charge in [-0.2, -0.15) is 5.10 Å². The van der Waals surface area contributed by atoms with E-state index in [-0.39, 0.29) is 11.7 Å². The number of ether oxygens (including phenoxy) is 2. The monoisotopic (exact) mass is 507 g/mol. The molecule has 8 nitrogen and oxygen atoms in total. The average molecular weight is 508 g/mol. The van der Waals surface area contributed by atoms with Crippen LogP contribution in [0.4, 0.5) is 0 Å². The number of carbonyl (C=O) groups excluding carboxylic acids is 1. The first kappa shape index (κ1) is 24.3. The Kier molecular flexibility index (Phi) is 8.02. The molecule has 4 aromatic rings. The predicted octanol–water partition coefficient (Wildman–Crippen LogP) is 4.85. The quantitative estimate of drug-likeness (QED) is 0.198. The van der Waals surface area contributed by atoms with E-state index in [1.807, 2.05) is 65.2 Å². The third-order valence-corrected chi connectivity index (χ3v) is 6.11. The van der Waals surface area contributed by atoms with Gasteiger partial charge in [-0.05, 0) is 60.7 Å². The number of rotatable bonds is 9. The van der Waals surface area contributed by atoms with Crippen molar-refractivity contribution >= 4 is 35.5 Å². The summed E-state index contributed by atoms with van der Waals surface area (Å²) >= 11 is 7.34. The molecule has 35 heavy (non-hydrogen) atoms. The number of amides is 1. The molecule has 10 heteroatoms. The number of halogens is 1. The number of nitrogens with one attached hydrogen (secondary N) is 1. The van der Waals surface area contributed by atoms with Crippen LogP contribution >= 0.6 is 23.4 Å². The molecule has 0 bridgehead atoms. The molecular weight excluding hydrogens is 486 g/mol. The van der Waals surface area contributed by atoms with Crippen molar-refractivity contribution < 1.29 is 14.3 Å². The molecule has 0 aliphatic heterocycles. The Balaban J connectivity index is 1.52. The minimum Gasteiger partial charge on any atom is -0.497 e. The van der Waals surface area contributed by atoms with Gasteiger partial charge in [0.05, 0.1) is 26.2 Å². The molecule has 1 amide bonds. The van der Waals surface area contributed by atoms with Crippen LogP contribution in [0.2, 0.25) is 5.02 Å². The van der Waals surface area contributed by atoms with E-state index in [0.717, 1.165) is 22.6 Å². The summed E-state index contributed by atoms with van der Waals surface area (Å²) in [7, 11) is 3.20. The Bertz CT molecular complexity index is 1320. The Morgan fingerprint density at radius 3 is 2.49 bits per heavy atom. The van der Waals surface area contributed by atoms with Crippen molar-refractivity contribution in [3.05, 3.63) is 83.4 Å². The molecule has 1 aromatic heterocycles. The highest BCUT2D eigenvalue weighted by Gasteiger charge is 2.17. The first-order chi connectivity index (χ1) is 17.1. The molecule has 0 unspecified atom stereocenters. The summed E-state index contributed by atoms with van der Waals surface area (Å²) in [6.07, 6.45) is 1.54. The van der Waals surface area contributed by atoms with Gasteiger partial charge in [0.25, 0.3) is 5.91 Å². The van der Waals surface area contributed by atoms with Gasteiger partial charge in [-0.1, -0.05) is 35.5 Å². The second-order valence-electron chi connectivity index (χ2n) is 7.17. The molecule has 0 saturated heterocycles. The second-order valence-corrected chi connectivity index (χ2v) is 8.55. The molecule has 0 atom stereocenters. The van der Waals surface area contributed by atoms with Crippen LogP contribution in [0.3, 0.4) is 0 Å². The van der Waals surface area contributed by atoms with Gasteiger partial charge in [0.2, 0.25) is 0 Å². The van der Waals surface area contributed by atoms with E-state index >= 15 is 0 Å². The van der Waals surface area contributed by atoms with Crippen LogP contribution in [-0.4, -0.2) is 46.9 Å². The summed E-state index contributed by atoms with van der Waals surface area (Å²) in [6.45, 7) is 0. The zero-order valence-corrected chi connectivity index (χ0v) is 20.6. The summed E-state index contributed by atoms with van der Waals surface area (Å²) < 4.78 is 12.4. The molecule has 0 fully saturated rings. The fraction of sp³-hybridized carbons (Fsp3) is 0.120. The van der Waals surface area contributed by atoms with Gasteiger partial charge in [0.15, 0.2) is 11.0 Å². The Morgan fingerprint density at radius 2 is 1.77 bits per heavy atom. The van der Waals surface area contributed by atoms with Crippen molar-refractivity contribution in [2.75, 3.05) is 20.0 Å². The lowest BCUT2D eigenvalue weighted by molar-refractivity contribution is -0.118. The van der Waals surface area contributed by atoms with Crippen molar-refractivity contribution in [1.82, 2.24) is 20.2 Å². The molecule has 4 rings (SSSR count). The zero-order valence-electron chi connectivity index (χ0n) is 19.0. The lowest BCUT2D eigenvalue weighted by atomic mass is 10.2. The summed E-state index contributed by atoms with van der Waals surface area (Å²) in [5.41, 5.74) is 4.97. The van der Waals surface area contributed by atoms with Gasteiger partial charge in [-0.15, -0.1) is 10.2 Å². The number of hydrogen-bond acceptors (Lipinski definition) is 7. The number of aromatic nitrogens is 3. The van der Waals surface area contributed by atoms with E-state index < -0.39 is 0 Å². The fourth-order valence-electron chi connectivity index (χ4n) is 3.22. The van der Waals surface area contributed by atoms with Gasteiger partial charge in [-0.25, -0.2) is 5.43 Å². The molecule has 3 aromatic carbocycles. The third kappa shape index (κ3) is 6.00. The van der Waals surface area contributed by atoms with Gasteiger partial charge in [0, 0.05) is 21.8 Å². The van der Waals surface area contributed by atoms with E-state index in [1.165, 1.54) is 11.8 Å².